The van der Waals surface area contributed by atoms with Gasteiger partial charge < -0.3 is 10.0 Å². The summed E-state index contributed by atoms with van der Waals surface area (Å²) in [4.78, 5) is 28.6. The van der Waals surface area contributed by atoms with Crippen LogP contribution in [0.1, 0.15) is 23.7 Å². The SMILES string of the molecule is CC1CCN(C(=O)c2ccncc2)C1C(=O)O. The highest BCUT2D eigenvalue weighted by Gasteiger charge is 2.39. The van der Waals surface area contributed by atoms with Crippen LogP contribution in [0.2, 0.25) is 0 Å². The Bertz CT molecular complexity index is 433. The first-order chi connectivity index (χ1) is 8.11. The molecule has 1 aliphatic heterocycles. The molecule has 1 aromatic heterocycles. The fourth-order valence-electron chi connectivity index (χ4n) is 2.21. The summed E-state index contributed by atoms with van der Waals surface area (Å²) < 4.78 is 0. The summed E-state index contributed by atoms with van der Waals surface area (Å²) in [7, 11) is 0. The van der Waals surface area contributed by atoms with Crippen molar-refractivity contribution in [3.05, 3.63) is 30.1 Å². The molecule has 0 aromatic carbocycles. The van der Waals surface area contributed by atoms with E-state index in [1.807, 2.05) is 6.92 Å². The summed E-state index contributed by atoms with van der Waals surface area (Å²) in [5.74, 6) is -1.17. The number of aliphatic carboxylic acids is 1. The Balaban J connectivity index is 2.23. The number of amides is 1. The van der Waals surface area contributed by atoms with Crippen molar-refractivity contribution in [1.29, 1.82) is 0 Å². The monoisotopic (exact) mass is 234 g/mol. The molecule has 0 saturated carbocycles. The molecule has 5 heteroatoms. The third-order valence-electron chi connectivity index (χ3n) is 3.14. The van der Waals surface area contributed by atoms with Crippen LogP contribution in [0, 0.1) is 5.92 Å². The zero-order chi connectivity index (χ0) is 12.4. The van der Waals surface area contributed by atoms with Crippen LogP contribution >= 0.6 is 0 Å². The molecule has 1 saturated heterocycles. The predicted molar refractivity (Wildman–Crippen MR) is 60.5 cm³/mol. The fraction of sp³-hybridized carbons (Fsp3) is 0.417. The van der Waals surface area contributed by atoms with Gasteiger partial charge in [0, 0.05) is 24.5 Å². The molecule has 1 fully saturated rings. The smallest absolute Gasteiger partial charge is 0.326 e. The number of likely N-dealkylation sites (tertiary alicyclic amines) is 1. The molecule has 2 unspecified atom stereocenters. The number of nitrogens with zero attached hydrogens (tertiary/aromatic N) is 2. The molecule has 1 amide bonds. The zero-order valence-electron chi connectivity index (χ0n) is 9.54. The van der Waals surface area contributed by atoms with Gasteiger partial charge in [-0.2, -0.15) is 0 Å². The van der Waals surface area contributed by atoms with Crippen LogP contribution in [0.15, 0.2) is 24.5 Å². The fourth-order valence-corrected chi connectivity index (χ4v) is 2.21. The molecule has 0 radical (unpaired) electrons. The van der Waals surface area contributed by atoms with E-state index in [2.05, 4.69) is 4.98 Å². The highest BCUT2D eigenvalue weighted by molar-refractivity contribution is 5.96. The minimum Gasteiger partial charge on any atom is -0.480 e. The maximum Gasteiger partial charge on any atom is 0.326 e. The summed E-state index contributed by atoms with van der Waals surface area (Å²) in [5, 5.41) is 9.14. The van der Waals surface area contributed by atoms with Crippen LogP contribution in [-0.2, 0) is 4.79 Å². The van der Waals surface area contributed by atoms with Gasteiger partial charge in [-0.15, -0.1) is 0 Å². The lowest BCUT2D eigenvalue weighted by atomic mass is 10.0. The molecule has 1 aliphatic rings. The van der Waals surface area contributed by atoms with Gasteiger partial charge in [0.25, 0.3) is 5.91 Å². The Morgan fingerprint density at radius 3 is 2.65 bits per heavy atom. The first-order valence-corrected chi connectivity index (χ1v) is 5.55. The van der Waals surface area contributed by atoms with E-state index in [1.165, 1.54) is 17.3 Å². The molecule has 0 aliphatic carbocycles. The Kier molecular flexibility index (Phi) is 3.08. The highest BCUT2D eigenvalue weighted by Crippen LogP contribution is 2.25. The summed E-state index contributed by atoms with van der Waals surface area (Å²) in [6.45, 7) is 2.36. The molecule has 17 heavy (non-hydrogen) atoms. The van der Waals surface area contributed by atoms with Crippen LogP contribution in [0.5, 0.6) is 0 Å². The van der Waals surface area contributed by atoms with Crippen molar-refractivity contribution in [2.75, 3.05) is 6.54 Å². The van der Waals surface area contributed by atoms with E-state index >= 15 is 0 Å². The number of hydrogen-bond acceptors (Lipinski definition) is 3. The van der Waals surface area contributed by atoms with Gasteiger partial charge in [-0.05, 0) is 24.5 Å². The number of carboxylic acids is 1. The number of hydrogen-bond donors (Lipinski definition) is 1. The van der Waals surface area contributed by atoms with Gasteiger partial charge in [0.15, 0.2) is 0 Å². The van der Waals surface area contributed by atoms with Gasteiger partial charge in [-0.1, -0.05) is 6.92 Å². The van der Waals surface area contributed by atoms with Crippen molar-refractivity contribution in [2.24, 2.45) is 5.92 Å². The number of aromatic nitrogens is 1. The van der Waals surface area contributed by atoms with Gasteiger partial charge in [-0.25, -0.2) is 4.79 Å². The molecular formula is C12H14N2O3. The number of rotatable bonds is 2. The summed E-state index contributed by atoms with van der Waals surface area (Å²) in [6.07, 6.45) is 3.79. The second-order valence-corrected chi connectivity index (χ2v) is 4.28. The summed E-state index contributed by atoms with van der Waals surface area (Å²) in [6, 6.07) is 2.49. The van der Waals surface area contributed by atoms with Crippen molar-refractivity contribution in [3.8, 4) is 0 Å². The van der Waals surface area contributed by atoms with E-state index in [4.69, 9.17) is 5.11 Å². The van der Waals surface area contributed by atoms with Gasteiger partial charge in [0.2, 0.25) is 0 Å². The van der Waals surface area contributed by atoms with Gasteiger partial charge in [0.05, 0.1) is 0 Å². The summed E-state index contributed by atoms with van der Waals surface area (Å²) >= 11 is 0. The van der Waals surface area contributed by atoms with E-state index < -0.39 is 12.0 Å². The zero-order valence-corrected chi connectivity index (χ0v) is 9.54. The van der Waals surface area contributed by atoms with E-state index in [-0.39, 0.29) is 11.8 Å². The average molecular weight is 234 g/mol. The van der Waals surface area contributed by atoms with Crippen molar-refractivity contribution < 1.29 is 14.7 Å². The molecular weight excluding hydrogens is 220 g/mol. The average Bonchev–Trinajstić information content (AvgIpc) is 2.71. The third-order valence-corrected chi connectivity index (χ3v) is 3.14. The topological polar surface area (TPSA) is 70.5 Å². The lowest BCUT2D eigenvalue weighted by Crippen LogP contribution is -2.42. The maximum atomic E-state index is 12.1. The Morgan fingerprint density at radius 1 is 1.41 bits per heavy atom. The normalized spacial score (nSPS) is 23.7. The number of pyridine rings is 1. The van der Waals surface area contributed by atoms with Crippen molar-refractivity contribution in [1.82, 2.24) is 9.88 Å². The molecule has 2 atom stereocenters. The Labute approximate surface area is 99.1 Å². The Hall–Kier alpha value is -1.91. The minimum atomic E-state index is -0.933. The van der Waals surface area contributed by atoms with Crippen molar-refractivity contribution in [3.63, 3.8) is 0 Å². The van der Waals surface area contributed by atoms with Gasteiger partial charge in [0.1, 0.15) is 6.04 Å². The maximum absolute atomic E-state index is 12.1. The standard InChI is InChI=1S/C12H14N2O3/c1-8-4-7-14(10(8)12(16)17)11(15)9-2-5-13-6-3-9/h2-3,5-6,8,10H,4,7H2,1H3,(H,16,17). The van der Waals surface area contributed by atoms with Crippen LogP contribution in [0.3, 0.4) is 0 Å². The van der Waals surface area contributed by atoms with Crippen LogP contribution < -0.4 is 0 Å². The number of carboxylic acid groups (broad SMARTS) is 1. The van der Waals surface area contributed by atoms with E-state index in [0.717, 1.165) is 6.42 Å². The van der Waals surface area contributed by atoms with Gasteiger partial charge >= 0.3 is 5.97 Å². The minimum absolute atomic E-state index is 0.00159. The second-order valence-electron chi connectivity index (χ2n) is 4.28. The lowest BCUT2D eigenvalue weighted by molar-refractivity contribution is -0.142. The quantitative estimate of drug-likeness (QED) is 0.829. The molecule has 5 nitrogen and oxygen atoms in total. The molecule has 1 aromatic rings. The summed E-state index contributed by atoms with van der Waals surface area (Å²) in [5.41, 5.74) is 0.486. The molecule has 2 rings (SSSR count). The van der Waals surface area contributed by atoms with Crippen molar-refractivity contribution in [2.45, 2.75) is 19.4 Å². The third kappa shape index (κ3) is 2.13. The van der Waals surface area contributed by atoms with E-state index in [0.29, 0.717) is 12.1 Å². The second kappa shape index (κ2) is 4.53. The number of carbonyl (C=O) groups is 2. The number of carbonyl (C=O) groups excluding carboxylic acids is 1. The molecule has 1 N–H and O–H groups in total. The molecule has 90 valence electrons. The molecule has 0 spiro atoms. The van der Waals surface area contributed by atoms with Crippen LogP contribution in [0.25, 0.3) is 0 Å². The highest BCUT2D eigenvalue weighted by atomic mass is 16.4. The Morgan fingerprint density at radius 2 is 2.06 bits per heavy atom. The van der Waals surface area contributed by atoms with Crippen LogP contribution in [-0.4, -0.2) is 39.5 Å². The predicted octanol–water partition coefficient (Wildman–Crippen LogP) is 1.02. The van der Waals surface area contributed by atoms with Crippen molar-refractivity contribution >= 4 is 11.9 Å². The largest absolute Gasteiger partial charge is 0.480 e. The van der Waals surface area contributed by atoms with Crippen LogP contribution in [0.4, 0.5) is 0 Å². The van der Waals surface area contributed by atoms with E-state index in [1.54, 1.807) is 12.1 Å². The lowest BCUT2D eigenvalue weighted by Gasteiger charge is -2.23. The van der Waals surface area contributed by atoms with Gasteiger partial charge in [-0.3, -0.25) is 9.78 Å². The first-order valence-electron chi connectivity index (χ1n) is 5.55. The van der Waals surface area contributed by atoms with E-state index in [9.17, 15) is 9.59 Å². The molecule has 2 heterocycles. The first kappa shape index (κ1) is 11.6. The molecule has 0 bridgehead atoms.